The minimum Gasteiger partial charge on any atom is -0.508 e. The number of carbonyl (C=O) groups is 4. The zero-order valence-corrected chi connectivity index (χ0v) is 30.2. The Hall–Kier alpha value is -4.04. The normalized spacial score (nSPS) is 30.1. The van der Waals surface area contributed by atoms with E-state index in [1.54, 1.807) is 6.08 Å². The molecular formula is C38H29Cl3F5N3O5. The molecule has 0 spiro atoms. The molecule has 16 heteroatoms. The van der Waals surface area contributed by atoms with Gasteiger partial charge in [0.05, 0.1) is 11.8 Å². The molecule has 1 N–H and O–H groups in total. The molecule has 6 unspecified atom stereocenters. The maximum absolute atomic E-state index is 15.3. The highest BCUT2D eigenvalue weighted by atomic mass is 35.5. The maximum atomic E-state index is 15.3. The number of nitrogens with zero attached hydrogens (tertiary/aromatic N) is 3. The zero-order chi connectivity index (χ0) is 38.6. The standard InChI is InChI=1S/C38H29Cl3F5N3O5/c39-18-6-9-24(50)22(14-18)26-20-7-8-21-25(34(52)48(33(21)51)19-10-12-47(13-11-19)16-17-4-2-1-3-5-17)23(20)15-37(40)35(53)49(36(54)38(26,37)41)32-30(45)28(43)27(42)29(44)31(32)46/h1-7,9,14,19,21,23,25-26,50H,8,10-13,15-16H2. The number of carbonyl (C=O) groups excluding carboxylic acids is 4. The number of amides is 4. The fourth-order valence-corrected chi connectivity index (χ4v) is 10.3. The van der Waals surface area contributed by atoms with Crippen LogP contribution in [0.3, 0.4) is 0 Å². The van der Waals surface area contributed by atoms with Gasteiger partial charge in [-0.05, 0) is 55.4 Å². The SMILES string of the molecule is O=C1C2CC=C3C(CC4(Cl)C(=O)N(c5c(F)c(F)c(F)c(F)c5F)C(=O)C4(Cl)C3c3cc(Cl)ccc3O)C2C(=O)N1C1CCN(Cc2ccccc2)CC1. The van der Waals surface area contributed by atoms with Gasteiger partial charge in [-0.1, -0.05) is 53.6 Å². The first kappa shape index (κ1) is 36.9. The van der Waals surface area contributed by atoms with Crippen LogP contribution >= 0.6 is 34.8 Å². The van der Waals surface area contributed by atoms with E-state index < -0.39 is 110 Å². The second-order valence-corrected chi connectivity index (χ2v) is 16.1. The number of rotatable bonds is 5. The molecule has 8 nitrogen and oxygen atoms in total. The average molecular weight is 809 g/mol. The van der Waals surface area contributed by atoms with Crippen LogP contribution in [-0.2, 0) is 25.7 Å². The molecule has 0 bridgehead atoms. The van der Waals surface area contributed by atoms with Crippen molar-refractivity contribution in [3.05, 3.63) is 105 Å². The number of hydrogen-bond donors (Lipinski definition) is 1. The van der Waals surface area contributed by atoms with Crippen LogP contribution < -0.4 is 4.90 Å². The summed E-state index contributed by atoms with van der Waals surface area (Å²) >= 11 is 20.6. The van der Waals surface area contributed by atoms with E-state index in [9.17, 15) is 37.5 Å². The van der Waals surface area contributed by atoms with Crippen LogP contribution in [0.2, 0.25) is 5.02 Å². The Morgan fingerprint density at radius 2 is 1.43 bits per heavy atom. The van der Waals surface area contributed by atoms with Crippen LogP contribution in [-0.4, -0.2) is 67.4 Å². The number of phenolic OH excluding ortho intramolecular Hbond substituents is 1. The molecule has 1 saturated carbocycles. The van der Waals surface area contributed by atoms with Gasteiger partial charge in [-0.2, -0.15) is 0 Å². The predicted molar refractivity (Wildman–Crippen MR) is 186 cm³/mol. The van der Waals surface area contributed by atoms with Crippen molar-refractivity contribution in [3.8, 4) is 5.75 Å². The second-order valence-electron chi connectivity index (χ2n) is 14.4. The quantitative estimate of drug-likeness (QED) is 0.0748. The molecule has 3 aliphatic heterocycles. The van der Waals surface area contributed by atoms with Crippen molar-refractivity contribution in [2.24, 2.45) is 17.8 Å². The van der Waals surface area contributed by atoms with Gasteiger partial charge in [-0.3, -0.25) is 29.0 Å². The molecule has 3 saturated heterocycles. The fourth-order valence-electron chi connectivity index (χ4n) is 9.23. The van der Waals surface area contributed by atoms with E-state index in [0.717, 1.165) is 5.56 Å². The second kappa shape index (κ2) is 13.0. The Labute approximate surface area is 320 Å². The summed E-state index contributed by atoms with van der Waals surface area (Å²) < 4.78 is 73.6. The van der Waals surface area contributed by atoms with Gasteiger partial charge in [0.1, 0.15) is 11.4 Å². The first-order valence-corrected chi connectivity index (χ1v) is 18.3. The summed E-state index contributed by atoms with van der Waals surface area (Å²) in [5.74, 6) is -21.7. The molecule has 3 aromatic carbocycles. The maximum Gasteiger partial charge on any atom is 0.258 e. The number of benzene rings is 3. The summed E-state index contributed by atoms with van der Waals surface area (Å²) in [7, 11) is 0. The van der Waals surface area contributed by atoms with Gasteiger partial charge in [0.25, 0.3) is 11.8 Å². The van der Waals surface area contributed by atoms with E-state index >= 15 is 8.78 Å². The van der Waals surface area contributed by atoms with Gasteiger partial charge in [0.15, 0.2) is 33.0 Å². The van der Waals surface area contributed by atoms with Gasteiger partial charge < -0.3 is 5.11 Å². The molecule has 54 heavy (non-hydrogen) atoms. The number of allylic oxidation sites excluding steroid dienone is 2. The minimum absolute atomic E-state index is 0.00595. The van der Waals surface area contributed by atoms with Crippen molar-refractivity contribution in [1.29, 1.82) is 0 Å². The average Bonchev–Trinajstić information content (AvgIpc) is 3.49. The van der Waals surface area contributed by atoms with Crippen LogP contribution in [0.25, 0.3) is 0 Å². The van der Waals surface area contributed by atoms with Gasteiger partial charge in [-0.25, -0.2) is 26.9 Å². The number of hydrogen-bond acceptors (Lipinski definition) is 6. The summed E-state index contributed by atoms with van der Waals surface area (Å²) in [6.07, 6.45) is 1.94. The smallest absolute Gasteiger partial charge is 0.258 e. The van der Waals surface area contributed by atoms with Crippen LogP contribution in [0.5, 0.6) is 5.75 Å². The molecular weight excluding hydrogens is 780 g/mol. The van der Waals surface area contributed by atoms with Crippen LogP contribution in [0.1, 0.15) is 42.7 Å². The Morgan fingerprint density at radius 3 is 2.07 bits per heavy atom. The number of anilines is 1. The van der Waals surface area contributed by atoms with Crippen molar-refractivity contribution in [3.63, 3.8) is 0 Å². The number of halogens is 8. The van der Waals surface area contributed by atoms with Crippen LogP contribution in [0, 0.1) is 46.8 Å². The van der Waals surface area contributed by atoms with E-state index in [0.29, 0.717) is 32.5 Å². The van der Waals surface area contributed by atoms with E-state index in [1.807, 2.05) is 30.3 Å². The summed E-state index contributed by atoms with van der Waals surface area (Å²) in [4.78, 5) is 55.1. The monoisotopic (exact) mass is 807 g/mol. The predicted octanol–water partition coefficient (Wildman–Crippen LogP) is 6.97. The molecule has 5 aliphatic rings. The Kier molecular flexibility index (Phi) is 8.91. The fraction of sp³-hybridized carbons (Fsp3) is 0.368. The molecule has 0 aromatic heterocycles. The molecule has 8 rings (SSSR count). The highest BCUT2D eigenvalue weighted by molar-refractivity contribution is 6.58. The lowest BCUT2D eigenvalue weighted by atomic mass is 9.56. The third kappa shape index (κ3) is 5.10. The minimum atomic E-state index is -2.76. The Morgan fingerprint density at radius 1 is 0.796 bits per heavy atom. The third-order valence-corrected chi connectivity index (χ3v) is 13.4. The molecule has 2 aliphatic carbocycles. The van der Waals surface area contributed by atoms with E-state index in [4.69, 9.17) is 34.8 Å². The largest absolute Gasteiger partial charge is 0.508 e. The molecule has 0 radical (unpaired) electrons. The molecule has 4 fully saturated rings. The highest BCUT2D eigenvalue weighted by Crippen LogP contribution is 2.67. The summed E-state index contributed by atoms with van der Waals surface area (Å²) in [6.45, 7) is 1.91. The number of imide groups is 2. The summed E-state index contributed by atoms with van der Waals surface area (Å²) in [5.41, 5.74) is -0.690. The van der Waals surface area contributed by atoms with Crippen molar-refractivity contribution in [1.82, 2.24) is 9.80 Å². The Bertz CT molecular complexity index is 2160. The third-order valence-electron chi connectivity index (χ3n) is 11.7. The topological polar surface area (TPSA) is 98.2 Å². The molecule has 282 valence electrons. The number of alkyl halides is 2. The molecule has 3 heterocycles. The number of likely N-dealkylation sites (tertiary alicyclic amines) is 2. The highest BCUT2D eigenvalue weighted by Gasteiger charge is 2.77. The van der Waals surface area contributed by atoms with Crippen LogP contribution in [0.15, 0.2) is 60.2 Å². The lowest BCUT2D eigenvalue weighted by Gasteiger charge is -2.50. The number of piperidine rings is 1. The first-order chi connectivity index (χ1) is 25.6. The lowest BCUT2D eigenvalue weighted by Crippen LogP contribution is -2.60. The number of phenols is 1. The Balaban J connectivity index is 1.19. The molecule has 6 atom stereocenters. The van der Waals surface area contributed by atoms with E-state index in [2.05, 4.69) is 4.90 Å². The molecule has 3 aromatic rings. The van der Waals surface area contributed by atoms with Crippen molar-refractivity contribution >= 4 is 64.1 Å². The summed E-state index contributed by atoms with van der Waals surface area (Å²) in [5, 5.41) is 11.2. The van der Waals surface area contributed by atoms with Gasteiger partial charge in [-0.15, -0.1) is 23.2 Å². The first-order valence-electron chi connectivity index (χ1n) is 17.2. The zero-order valence-electron chi connectivity index (χ0n) is 28.0. The van der Waals surface area contributed by atoms with Crippen molar-refractivity contribution < 1.29 is 46.2 Å². The summed E-state index contributed by atoms with van der Waals surface area (Å²) in [6, 6.07) is 13.1. The van der Waals surface area contributed by atoms with Gasteiger partial charge >= 0.3 is 0 Å². The number of aromatic hydroxyl groups is 1. The lowest BCUT2D eigenvalue weighted by molar-refractivity contribution is -0.144. The van der Waals surface area contributed by atoms with Crippen LogP contribution in [0.4, 0.5) is 27.6 Å². The van der Waals surface area contributed by atoms with Gasteiger partial charge in [0, 0.05) is 42.2 Å². The van der Waals surface area contributed by atoms with E-state index in [-0.39, 0.29) is 27.5 Å². The number of fused-ring (bicyclic) bond motifs is 4. The van der Waals surface area contributed by atoms with Crippen molar-refractivity contribution in [2.75, 3.05) is 18.0 Å². The van der Waals surface area contributed by atoms with Crippen molar-refractivity contribution in [2.45, 2.75) is 53.9 Å². The molecule has 4 amide bonds. The van der Waals surface area contributed by atoms with E-state index in [1.165, 1.54) is 23.1 Å². The van der Waals surface area contributed by atoms with Gasteiger partial charge in [0.2, 0.25) is 17.6 Å².